The van der Waals surface area contributed by atoms with Crippen LogP contribution in [0, 0.1) is 0 Å². The Morgan fingerprint density at radius 3 is 2.70 bits per heavy atom. The second-order valence-corrected chi connectivity index (χ2v) is 8.53. The van der Waals surface area contributed by atoms with Crippen molar-refractivity contribution in [1.82, 2.24) is 14.9 Å². The molecule has 1 aliphatic rings. The molecular weight excluding hydrogens is 442 g/mol. The Kier molecular flexibility index (Phi) is 6.93. The molecule has 33 heavy (non-hydrogen) atoms. The average Bonchev–Trinajstić information content (AvgIpc) is 3.26. The number of fused-ring (bicyclic) bond motifs is 1. The first-order valence-corrected chi connectivity index (χ1v) is 11.8. The first-order chi connectivity index (χ1) is 16.0. The van der Waals surface area contributed by atoms with Crippen molar-refractivity contribution in [1.29, 1.82) is 0 Å². The zero-order valence-corrected chi connectivity index (χ0v) is 19.6. The largest absolute Gasteiger partial charge is 0.497 e. The van der Waals surface area contributed by atoms with Gasteiger partial charge in [-0.05, 0) is 31.0 Å². The number of nitrogens with zero attached hydrogens (tertiary/aromatic N) is 4. The fraction of sp³-hybridized carbons (Fsp3) is 0.391. The molecule has 2 N–H and O–H groups in total. The number of nitrogen functional groups attached to an aromatic ring is 1. The molecule has 3 heterocycles. The van der Waals surface area contributed by atoms with Gasteiger partial charge >= 0.3 is 5.97 Å². The summed E-state index contributed by atoms with van der Waals surface area (Å²) >= 11 is 1.34. The lowest BCUT2D eigenvalue weighted by molar-refractivity contribution is -0.131. The van der Waals surface area contributed by atoms with E-state index in [0.29, 0.717) is 60.6 Å². The van der Waals surface area contributed by atoms with Crippen LogP contribution in [-0.4, -0.2) is 66.6 Å². The summed E-state index contributed by atoms with van der Waals surface area (Å²) in [6.07, 6.45) is 1.10. The second-order valence-electron chi connectivity index (χ2n) is 7.67. The normalized spacial score (nSPS) is 13.9. The minimum absolute atomic E-state index is 0.118. The lowest BCUT2D eigenvalue weighted by atomic mass is 10.1. The molecule has 1 fully saturated rings. The molecule has 1 aromatic carbocycles. The molecule has 10 heteroatoms. The van der Waals surface area contributed by atoms with Crippen molar-refractivity contribution in [3.8, 4) is 5.75 Å². The van der Waals surface area contributed by atoms with Crippen molar-refractivity contribution in [2.75, 3.05) is 50.5 Å². The number of anilines is 2. The quantitative estimate of drug-likeness (QED) is 0.526. The molecule has 174 valence electrons. The van der Waals surface area contributed by atoms with Gasteiger partial charge in [0.2, 0.25) is 11.9 Å². The molecule has 0 spiro atoms. The minimum Gasteiger partial charge on any atom is -0.497 e. The average molecular weight is 470 g/mol. The highest BCUT2D eigenvalue weighted by atomic mass is 32.1. The Bertz CT molecular complexity index is 1160. The summed E-state index contributed by atoms with van der Waals surface area (Å²) in [5.41, 5.74) is 7.46. The van der Waals surface area contributed by atoms with Gasteiger partial charge in [-0.15, -0.1) is 11.3 Å². The van der Waals surface area contributed by atoms with Gasteiger partial charge in [0.15, 0.2) is 0 Å². The number of hydrogen-bond acceptors (Lipinski definition) is 9. The number of benzene rings is 1. The summed E-state index contributed by atoms with van der Waals surface area (Å²) < 4.78 is 10.4. The summed E-state index contributed by atoms with van der Waals surface area (Å²) in [6, 6.07) is 7.78. The summed E-state index contributed by atoms with van der Waals surface area (Å²) in [5, 5.41) is 2.39. The smallest absolute Gasteiger partial charge is 0.339 e. The Labute approximate surface area is 196 Å². The summed E-state index contributed by atoms with van der Waals surface area (Å²) in [6.45, 7) is 4.38. The molecule has 0 saturated carbocycles. The molecule has 0 aliphatic carbocycles. The van der Waals surface area contributed by atoms with E-state index in [0.717, 1.165) is 11.3 Å². The molecule has 3 aromatic rings. The topological polar surface area (TPSA) is 111 Å². The third-order valence-corrected chi connectivity index (χ3v) is 6.49. The lowest BCUT2D eigenvalue weighted by Crippen LogP contribution is -2.49. The predicted molar refractivity (Wildman–Crippen MR) is 128 cm³/mol. The zero-order valence-electron chi connectivity index (χ0n) is 18.7. The first kappa shape index (κ1) is 22.8. The molecule has 4 rings (SSSR count). The van der Waals surface area contributed by atoms with Crippen molar-refractivity contribution < 1.29 is 19.1 Å². The number of amides is 1. The van der Waals surface area contributed by atoms with Crippen LogP contribution >= 0.6 is 11.3 Å². The third-order valence-electron chi connectivity index (χ3n) is 5.62. The number of nitrogens with two attached hydrogens (primary N) is 1. The maximum Gasteiger partial charge on any atom is 0.339 e. The van der Waals surface area contributed by atoms with Gasteiger partial charge < -0.3 is 25.0 Å². The van der Waals surface area contributed by atoms with E-state index in [2.05, 4.69) is 14.9 Å². The minimum atomic E-state index is -0.398. The standard InChI is InChI=1S/C23H27N5O4S/c1-3-32-22(30)17-14-33-21-19(17)20(25-23(24)26-21)28-11-9-27(10-12-28)18(29)8-7-15-5-4-6-16(13-15)31-2/h4-6,13-14H,3,7-12H2,1-2H3,(H2,24,25,26). The molecule has 0 unspecified atom stereocenters. The van der Waals surface area contributed by atoms with Gasteiger partial charge in [0, 0.05) is 38.0 Å². The number of ether oxygens (including phenoxy) is 2. The van der Waals surface area contributed by atoms with E-state index in [4.69, 9.17) is 15.2 Å². The molecule has 2 aromatic heterocycles. The summed E-state index contributed by atoms with van der Waals surface area (Å²) in [7, 11) is 1.63. The monoisotopic (exact) mass is 469 g/mol. The Morgan fingerprint density at radius 1 is 1.18 bits per heavy atom. The fourth-order valence-electron chi connectivity index (χ4n) is 3.93. The van der Waals surface area contributed by atoms with Crippen LogP contribution in [0.2, 0.25) is 0 Å². The number of esters is 1. The highest BCUT2D eigenvalue weighted by Crippen LogP contribution is 2.33. The first-order valence-electron chi connectivity index (χ1n) is 10.9. The van der Waals surface area contributed by atoms with Crippen molar-refractivity contribution in [3.63, 3.8) is 0 Å². The number of aromatic nitrogens is 2. The van der Waals surface area contributed by atoms with Crippen molar-refractivity contribution >= 4 is 45.2 Å². The second kappa shape index (κ2) is 10.0. The number of carbonyl (C=O) groups excluding carboxylic acids is 2. The zero-order chi connectivity index (χ0) is 23.4. The molecule has 0 atom stereocenters. The Balaban J connectivity index is 1.43. The Morgan fingerprint density at radius 2 is 1.97 bits per heavy atom. The highest BCUT2D eigenvalue weighted by molar-refractivity contribution is 7.17. The van der Waals surface area contributed by atoms with E-state index in [1.54, 1.807) is 19.4 Å². The van der Waals surface area contributed by atoms with Crippen LogP contribution in [0.4, 0.5) is 11.8 Å². The van der Waals surface area contributed by atoms with Crippen LogP contribution in [-0.2, 0) is 16.0 Å². The number of thiophene rings is 1. The van der Waals surface area contributed by atoms with Gasteiger partial charge in [-0.25, -0.2) is 9.78 Å². The van der Waals surface area contributed by atoms with Crippen LogP contribution in [0.1, 0.15) is 29.3 Å². The molecule has 0 bridgehead atoms. The molecule has 1 amide bonds. The van der Waals surface area contributed by atoms with Crippen molar-refractivity contribution in [2.24, 2.45) is 0 Å². The fourth-order valence-corrected chi connectivity index (χ4v) is 4.84. The number of hydrogen-bond donors (Lipinski definition) is 1. The van der Waals surface area contributed by atoms with E-state index in [1.807, 2.05) is 29.2 Å². The summed E-state index contributed by atoms with van der Waals surface area (Å²) in [4.78, 5) is 38.5. The number of piperazine rings is 1. The van der Waals surface area contributed by atoms with Crippen molar-refractivity contribution in [2.45, 2.75) is 19.8 Å². The van der Waals surface area contributed by atoms with E-state index < -0.39 is 5.97 Å². The van der Waals surface area contributed by atoms with Crippen LogP contribution in [0.25, 0.3) is 10.2 Å². The van der Waals surface area contributed by atoms with Gasteiger partial charge in [-0.3, -0.25) is 4.79 Å². The number of carbonyl (C=O) groups is 2. The van der Waals surface area contributed by atoms with E-state index >= 15 is 0 Å². The van der Waals surface area contributed by atoms with Crippen molar-refractivity contribution in [3.05, 3.63) is 40.8 Å². The third kappa shape index (κ3) is 5.00. The van der Waals surface area contributed by atoms with Crippen LogP contribution in [0.5, 0.6) is 5.75 Å². The van der Waals surface area contributed by atoms with E-state index in [9.17, 15) is 9.59 Å². The number of aryl methyl sites for hydroxylation is 1. The van der Waals surface area contributed by atoms with Crippen LogP contribution < -0.4 is 15.4 Å². The summed E-state index contributed by atoms with van der Waals surface area (Å²) in [5.74, 6) is 1.29. The number of rotatable bonds is 7. The van der Waals surface area contributed by atoms with E-state index in [1.165, 1.54) is 11.3 Å². The van der Waals surface area contributed by atoms with Crippen LogP contribution in [0.3, 0.4) is 0 Å². The van der Waals surface area contributed by atoms with Gasteiger partial charge in [0.1, 0.15) is 16.4 Å². The molecule has 0 radical (unpaired) electrons. The number of methoxy groups -OCH3 is 1. The molecular formula is C23H27N5O4S. The lowest BCUT2D eigenvalue weighted by Gasteiger charge is -2.35. The van der Waals surface area contributed by atoms with Gasteiger partial charge in [0.25, 0.3) is 0 Å². The van der Waals surface area contributed by atoms with Gasteiger partial charge in [0.05, 0.1) is 24.7 Å². The highest BCUT2D eigenvalue weighted by Gasteiger charge is 2.26. The predicted octanol–water partition coefficient (Wildman–Crippen LogP) is 2.74. The molecule has 1 aliphatic heterocycles. The van der Waals surface area contributed by atoms with Gasteiger partial charge in [-0.1, -0.05) is 12.1 Å². The van der Waals surface area contributed by atoms with E-state index in [-0.39, 0.29) is 18.5 Å². The SMILES string of the molecule is CCOC(=O)c1csc2nc(N)nc(N3CCN(C(=O)CCc4cccc(OC)c4)CC3)c12. The maximum atomic E-state index is 12.8. The molecule has 9 nitrogen and oxygen atoms in total. The van der Waals surface area contributed by atoms with Crippen LogP contribution in [0.15, 0.2) is 29.6 Å². The molecule has 1 saturated heterocycles. The Hall–Kier alpha value is -3.40. The van der Waals surface area contributed by atoms with Gasteiger partial charge in [-0.2, -0.15) is 4.98 Å². The maximum absolute atomic E-state index is 12.8.